The molecule has 4 nitrogen and oxygen atoms in total. The van der Waals surface area contributed by atoms with Gasteiger partial charge in [0, 0.05) is 5.02 Å². The molecule has 0 amide bonds. The number of ether oxygens (including phenoxy) is 1. The highest BCUT2D eigenvalue weighted by Crippen LogP contribution is 2.33. The smallest absolute Gasteiger partial charge is 0.327 e. The van der Waals surface area contributed by atoms with Gasteiger partial charge in [0.2, 0.25) is 0 Å². The van der Waals surface area contributed by atoms with E-state index in [-0.39, 0.29) is 12.5 Å². The lowest BCUT2D eigenvalue weighted by Gasteiger charge is -2.22. The standard InChI is InChI=1S/C14H15ClN2O2S/c1-14(2)12(9-4-6-10(15)7-5-9)16-17(13(14)20)8-11(18)19-3/h4-7H,8H2,1-3H3. The molecule has 0 unspecified atom stereocenters. The van der Waals surface area contributed by atoms with Gasteiger partial charge in [-0.05, 0) is 31.5 Å². The Morgan fingerprint density at radius 1 is 1.40 bits per heavy atom. The normalized spacial score (nSPS) is 17.1. The summed E-state index contributed by atoms with van der Waals surface area (Å²) in [6.45, 7) is 4.00. The maximum absolute atomic E-state index is 11.4. The Hall–Kier alpha value is -1.46. The van der Waals surface area contributed by atoms with E-state index in [4.69, 9.17) is 23.8 Å². The number of benzene rings is 1. The van der Waals surface area contributed by atoms with Crippen LogP contribution in [0.1, 0.15) is 19.4 Å². The van der Waals surface area contributed by atoms with Gasteiger partial charge in [-0.2, -0.15) is 5.10 Å². The summed E-state index contributed by atoms with van der Waals surface area (Å²) < 4.78 is 4.66. The first-order valence-corrected chi connectivity index (χ1v) is 6.88. The Balaban J connectivity index is 2.35. The quantitative estimate of drug-likeness (QED) is 0.636. The third kappa shape index (κ3) is 2.69. The van der Waals surface area contributed by atoms with E-state index in [1.165, 1.54) is 12.1 Å². The molecule has 1 aliphatic heterocycles. The molecule has 0 saturated heterocycles. The van der Waals surface area contributed by atoms with Crippen molar-refractivity contribution >= 4 is 40.5 Å². The van der Waals surface area contributed by atoms with Gasteiger partial charge in [0.15, 0.2) is 0 Å². The zero-order valence-corrected chi connectivity index (χ0v) is 13.1. The first-order valence-electron chi connectivity index (χ1n) is 6.10. The average Bonchev–Trinajstić information content (AvgIpc) is 2.63. The number of hydrazone groups is 1. The fraction of sp³-hybridized carbons (Fsp3) is 0.357. The van der Waals surface area contributed by atoms with Crippen molar-refractivity contribution in [1.29, 1.82) is 0 Å². The zero-order valence-electron chi connectivity index (χ0n) is 11.5. The summed E-state index contributed by atoms with van der Waals surface area (Å²) in [7, 11) is 1.34. The molecule has 0 bridgehead atoms. The van der Waals surface area contributed by atoms with E-state index in [1.54, 1.807) is 0 Å². The highest BCUT2D eigenvalue weighted by atomic mass is 35.5. The third-order valence-electron chi connectivity index (χ3n) is 3.21. The van der Waals surface area contributed by atoms with E-state index >= 15 is 0 Å². The molecule has 0 spiro atoms. The second-order valence-electron chi connectivity index (χ2n) is 5.02. The minimum atomic E-state index is -0.419. The fourth-order valence-electron chi connectivity index (χ4n) is 2.04. The first-order chi connectivity index (χ1) is 9.36. The Morgan fingerprint density at radius 2 is 2.00 bits per heavy atom. The predicted octanol–water partition coefficient (Wildman–Crippen LogP) is 2.89. The topological polar surface area (TPSA) is 41.9 Å². The van der Waals surface area contributed by atoms with Crippen molar-refractivity contribution < 1.29 is 9.53 Å². The highest BCUT2D eigenvalue weighted by Gasteiger charge is 2.41. The predicted molar refractivity (Wildman–Crippen MR) is 83.1 cm³/mol. The van der Waals surface area contributed by atoms with Gasteiger partial charge in [0.25, 0.3) is 0 Å². The average molecular weight is 311 g/mol. The second kappa shape index (κ2) is 5.50. The molecule has 0 saturated carbocycles. The van der Waals surface area contributed by atoms with Crippen LogP contribution in [0.2, 0.25) is 5.02 Å². The van der Waals surface area contributed by atoms with Crippen molar-refractivity contribution in [1.82, 2.24) is 5.01 Å². The van der Waals surface area contributed by atoms with Crippen LogP contribution in [0.15, 0.2) is 29.4 Å². The molecule has 0 atom stereocenters. The van der Waals surface area contributed by atoms with Gasteiger partial charge < -0.3 is 4.74 Å². The molecule has 0 fully saturated rings. The molecule has 1 aromatic rings. The van der Waals surface area contributed by atoms with Gasteiger partial charge in [0.1, 0.15) is 11.5 Å². The van der Waals surface area contributed by atoms with Crippen molar-refractivity contribution in [3.8, 4) is 0 Å². The molecule has 0 radical (unpaired) electrons. The number of carbonyl (C=O) groups is 1. The number of hydrogen-bond acceptors (Lipinski definition) is 4. The number of carbonyl (C=O) groups excluding carboxylic acids is 1. The van der Waals surface area contributed by atoms with Crippen molar-refractivity contribution in [2.45, 2.75) is 13.8 Å². The highest BCUT2D eigenvalue weighted by molar-refractivity contribution is 7.80. The Labute approximate surface area is 128 Å². The van der Waals surface area contributed by atoms with Gasteiger partial charge in [-0.1, -0.05) is 36.0 Å². The van der Waals surface area contributed by atoms with Crippen LogP contribution in [0.25, 0.3) is 0 Å². The van der Waals surface area contributed by atoms with Gasteiger partial charge in [-0.15, -0.1) is 0 Å². The van der Waals surface area contributed by atoms with Crippen molar-refractivity contribution in [3.05, 3.63) is 34.9 Å². The Kier molecular flexibility index (Phi) is 4.11. The molecule has 1 aliphatic rings. The van der Waals surface area contributed by atoms with Crippen LogP contribution >= 0.6 is 23.8 Å². The molecule has 0 aliphatic carbocycles. The van der Waals surface area contributed by atoms with Gasteiger partial charge in [-0.3, -0.25) is 4.79 Å². The zero-order chi connectivity index (χ0) is 14.9. The van der Waals surface area contributed by atoms with Crippen molar-refractivity contribution in [2.75, 3.05) is 13.7 Å². The van der Waals surface area contributed by atoms with E-state index < -0.39 is 5.41 Å². The van der Waals surface area contributed by atoms with Crippen molar-refractivity contribution in [2.24, 2.45) is 10.5 Å². The number of rotatable bonds is 3. The molecular formula is C14H15ClN2O2S. The minimum absolute atomic E-state index is 0.0237. The first kappa shape index (κ1) is 14.9. The lowest BCUT2D eigenvalue weighted by molar-refractivity contribution is -0.140. The van der Waals surface area contributed by atoms with E-state index in [1.807, 2.05) is 38.1 Å². The van der Waals surface area contributed by atoms with Crippen LogP contribution in [0, 0.1) is 5.41 Å². The molecule has 2 rings (SSSR count). The van der Waals surface area contributed by atoms with Gasteiger partial charge >= 0.3 is 5.97 Å². The van der Waals surface area contributed by atoms with Crippen LogP contribution in [0.4, 0.5) is 0 Å². The van der Waals surface area contributed by atoms with E-state index in [2.05, 4.69) is 9.84 Å². The van der Waals surface area contributed by atoms with Crippen LogP contribution in [-0.2, 0) is 9.53 Å². The monoisotopic (exact) mass is 310 g/mol. The summed E-state index contributed by atoms with van der Waals surface area (Å²) in [5.41, 5.74) is 1.34. The molecular weight excluding hydrogens is 296 g/mol. The summed E-state index contributed by atoms with van der Waals surface area (Å²) in [6.07, 6.45) is 0. The summed E-state index contributed by atoms with van der Waals surface area (Å²) in [6, 6.07) is 7.41. The van der Waals surface area contributed by atoms with Gasteiger partial charge in [0.05, 0.1) is 18.2 Å². The molecule has 0 N–H and O–H groups in total. The van der Waals surface area contributed by atoms with E-state index in [0.717, 1.165) is 11.3 Å². The second-order valence-corrected chi connectivity index (χ2v) is 5.84. The van der Waals surface area contributed by atoms with Gasteiger partial charge in [-0.25, -0.2) is 5.01 Å². The van der Waals surface area contributed by atoms with Crippen LogP contribution in [0.3, 0.4) is 0 Å². The molecule has 1 heterocycles. The van der Waals surface area contributed by atoms with E-state index in [0.29, 0.717) is 10.0 Å². The number of hydrogen-bond donors (Lipinski definition) is 0. The number of halogens is 1. The maximum atomic E-state index is 11.4. The number of nitrogens with zero attached hydrogens (tertiary/aromatic N) is 2. The number of thiocarbonyl (C=S) groups is 1. The van der Waals surface area contributed by atoms with Crippen molar-refractivity contribution in [3.63, 3.8) is 0 Å². The van der Waals surface area contributed by atoms with Crippen LogP contribution < -0.4 is 0 Å². The molecule has 6 heteroatoms. The number of methoxy groups -OCH3 is 1. The fourth-order valence-corrected chi connectivity index (χ4v) is 2.36. The minimum Gasteiger partial charge on any atom is -0.468 e. The molecule has 20 heavy (non-hydrogen) atoms. The van der Waals surface area contributed by atoms with Crippen LogP contribution in [0.5, 0.6) is 0 Å². The molecule has 106 valence electrons. The number of esters is 1. The summed E-state index contributed by atoms with van der Waals surface area (Å²) in [4.78, 5) is 12.0. The molecule has 0 aromatic heterocycles. The largest absolute Gasteiger partial charge is 0.468 e. The Bertz CT molecular complexity index is 581. The van der Waals surface area contributed by atoms with E-state index in [9.17, 15) is 4.79 Å². The van der Waals surface area contributed by atoms with Crippen LogP contribution in [-0.4, -0.2) is 35.3 Å². The molecule has 1 aromatic carbocycles. The Morgan fingerprint density at radius 3 is 2.55 bits per heavy atom. The maximum Gasteiger partial charge on any atom is 0.327 e. The lowest BCUT2D eigenvalue weighted by atomic mass is 9.84. The third-order valence-corrected chi connectivity index (χ3v) is 4.18. The summed E-state index contributed by atoms with van der Waals surface area (Å²) >= 11 is 11.3. The SMILES string of the molecule is COC(=O)CN1N=C(c2ccc(Cl)cc2)C(C)(C)C1=S. The summed E-state index contributed by atoms with van der Waals surface area (Å²) in [5.74, 6) is -0.371. The lowest BCUT2D eigenvalue weighted by Crippen LogP contribution is -2.36. The summed E-state index contributed by atoms with van der Waals surface area (Å²) in [5, 5.41) is 6.66.